The van der Waals surface area contributed by atoms with Gasteiger partial charge in [0.1, 0.15) is 0 Å². The quantitative estimate of drug-likeness (QED) is 0.861. The molecule has 2 heterocycles. The molecule has 0 unspecified atom stereocenters. The van der Waals surface area contributed by atoms with Gasteiger partial charge in [-0.05, 0) is 28.8 Å². The van der Waals surface area contributed by atoms with Gasteiger partial charge >= 0.3 is 5.97 Å². The van der Waals surface area contributed by atoms with Crippen LogP contribution < -0.4 is 0 Å². The maximum Gasteiger partial charge on any atom is 0.356 e. The minimum atomic E-state index is -0.939. The van der Waals surface area contributed by atoms with Gasteiger partial charge in [-0.2, -0.15) is 0 Å². The zero-order chi connectivity index (χ0) is 8.72. The van der Waals surface area contributed by atoms with Gasteiger partial charge in [0.25, 0.3) is 0 Å². The highest BCUT2D eigenvalue weighted by Gasteiger charge is 2.23. The van der Waals surface area contributed by atoms with Crippen LogP contribution in [0.15, 0.2) is 4.73 Å². The Morgan fingerprint density at radius 3 is 2.92 bits per heavy atom. The molecule has 1 aliphatic rings. The van der Waals surface area contributed by atoms with Gasteiger partial charge in [-0.15, -0.1) is 17.0 Å². The van der Waals surface area contributed by atoms with E-state index < -0.39 is 5.97 Å². The first-order chi connectivity index (χ1) is 5.70. The van der Waals surface area contributed by atoms with E-state index in [0.29, 0.717) is 4.73 Å². The van der Waals surface area contributed by atoms with Crippen LogP contribution in [0.1, 0.15) is 22.6 Å². The number of carbonyl (C=O) groups is 1. The molecule has 0 bridgehead atoms. The number of fused-ring (bicyclic) bond motifs is 1. The standard InChI is InChI=1S/C7H7BrN2O2.BrH/c8-7-9-5(6(11)12)4-2-1-3-10(4)7;/h1-3H2,(H,11,12);1H. The number of hydrogen-bond acceptors (Lipinski definition) is 2. The number of aromatic nitrogens is 2. The van der Waals surface area contributed by atoms with Crippen LogP contribution in [-0.2, 0) is 13.0 Å². The van der Waals surface area contributed by atoms with Crippen molar-refractivity contribution < 1.29 is 9.90 Å². The third-order valence-corrected chi connectivity index (χ3v) is 2.63. The SMILES string of the molecule is Br.O=C(O)c1nc(Br)n2c1CCC2. The fourth-order valence-corrected chi connectivity index (χ4v) is 2.08. The van der Waals surface area contributed by atoms with Gasteiger partial charge < -0.3 is 9.67 Å². The number of carboxylic acid groups (broad SMARTS) is 1. The van der Waals surface area contributed by atoms with Gasteiger partial charge in [0.15, 0.2) is 10.4 Å². The topological polar surface area (TPSA) is 55.1 Å². The van der Waals surface area contributed by atoms with Crippen molar-refractivity contribution in [1.29, 1.82) is 0 Å². The second kappa shape index (κ2) is 3.79. The van der Waals surface area contributed by atoms with Crippen molar-refractivity contribution in [2.45, 2.75) is 19.4 Å². The summed E-state index contributed by atoms with van der Waals surface area (Å²) in [5.74, 6) is -0.939. The summed E-state index contributed by atoms with van der Waals surface area (Å²) in [6.45, 7) is 0.871. The molecule has 0 saturated heterocycles. The van der Waals surface area contributed by atoms with Crippen molar-refractivity contribution in [2.75, 3.05) is 0 Å². The van der Waals surface area contributed by atoms with Gasteiger partial charge in [-0.25, -0.2) is 9.78 Å². The average molecular weight is 312 g/mol. The predicted octanol–water partition coefficient (Wildman–Crippen LogP) is 1.87. The first-order valence-electron chi connectivity index (χ1n) is 3.68. The van der Waals surface area contributed by atoms with E-state index in [2.05, 4.69) is 20.9 Å². The maximum atomic E-state index is 10.7. The zero-order valence-corrected chi connectivity index (χ0v) is 9.96. The third kappa shape index (κ3) is 1.65. The second-order valence-electron chi connectivity index (χ2n) is 2.74. The molecule has 0 aliphatic carbocycles. The zero-order valence-electron chi connectivity index (χ0n) is 6.66. The highest BCUT2D eigenvalue weighted by molar-refractivity contribution is 9.10. The predicted molar refractivity (Wildman–Crippen MR) is 55.5 cm³/mol. The van der Waals surface area contributed by atoms with Crippen molar-refractivity contribution in [3.05, 3.63) is 16.1 Å². The lowest BCUT2D eigenvalue weighted by Gasteiger charge is -1.94. The minimum Gasteiger partial charge on any atom is -0.476 e. The summed E-state index contributed by atoms with van der Waals surface area (Å²) in [7, 11) is 0. The van der Waals surface area contributed by atoms with E-state index in [4.69, 9.17) is 5.11 Å². The van der Waals surface area contributed by atoms with Gasteiger partial charge in [0.05, 0.1) is 5.69 Å². The summed E-state index contributed by atoms with van der Waals surface area (Å²) in [5.41, 5.74) is 1.04. The van der Waals surface area contributed by atoms with Crippen molar-refractivity contribution in [2.24, 2.45) is 0 Å². The Morgan fingerprint density at radius 2 is 2.31 bits per heavy atom. The molecule has 1 aliphatic heterocycles. The number of carboxylic acids is 1. The number of aromatic carboxylic acids is 1. The average Bonchev–Trinajstić information content (AvgIpc) is 2.53. The molecule has 0 saturated carbocycles. The van der Waals surface area contributed by atoms with Crippen LogP contribution >= 0.6 is 32.9 Å². The normalized spacial score (nSPS) is 13.6. The number of hydrogen-bond donors (Lipinski definition) is 1. The van der Waals surface area contributed by atoms with Gasteiger partial charge in [0, 0.05) is 6.54 Å². The van der Waals surface area contributed by atoms with Crippen LogP contribution in [0, 0.1) is 0 Å². The van der Waals surface area contributed by atoms with Crippen LogP contribution in [-0.4, -0.2) is 20.6 Å². The molecule has 0 spiro atoms. The summed E-state index contributed by atoms with van der Waals surface area (Å²) in [6.07, 6.45) is 1.83. The van der Waals surface area contributed by atoms with Gasteiger partial charge in [0.2, 0.25) is 0 Å². The van der Waals surface area contributed by atoms with Gasteiger partial charge in [-0.1, -0.05) is 0 Å². The highest BCUT2D eigenvalue weighted by atomic mass is 79.9. The molecule has 1 N–H and O–H groups in total. The van der Waals surface area contributed by atoms with E-state index in [-0.39, 0.29) is 22.7 Å². The van der Waals surface area contributed by atoms with E-state index >= 15 is 0 Å². The summed E-state index contributed by atoms with van der Waals surface area (Å²) < 4.78 is 2.54. The molecule has 2 rings (SSSR count). The molecular weight excluding hydrogens is 304 g/mol. The Bertz CT molecular complexity index is 349. The molecule has 0 amide bonds. The second-order valence-corrected chi connectivity index (χ2v) is 3.45. The summed E-state index contributed by atoms with van der Waals surface area (Å²) in [5, 5.41) is 8.77. The number of nitrogens with zero attached hydrogens (tertiary/aromatic N) is 2. The third-order valence-electron chi connectivity index (χ3n) is 2.02. The molecule has 0 atom stereocenters. The van der Waals surface area contributed by atoms with Gasteiger partial charge in [-0.3, -0.25) is 0 Å². The Kier molecular flexibility index (Phi) is 3.13. The molecule has 1 aromatic heterocycles. The van der Waals surface area contributed by atoms with Crippen LogP contribution in [0.3, 0.4) is 0 Å². The molecule has 72 valence electrons. The Hall–Kier alpha value is -0.360. The molecule has 0 fully saturated rings. The monoisotopic (exact) mass is 310 g/mol. The lowest BCUT2D eigenvalue weighted by atomic mass is 10.2. The summed E-state index contributed by atoms with van der Waals surface area (Å²) in [6, 6.07) is 0. The molecule has 4 nitrogen and oxygen atoms in total. The van der Waals surface area contributed by atoms with E-state index in [1.807, 2.05) is 4.57 Å². The van der Waals surface area contributed by atoms with Crippen LogP contribution in [0.4, 0.5) is 0 Å². The Morgan fingerprint density at radius 1 is 1.62 bits per heavy atom. The van der Waals surface area contributed by atoms with Crippen molar-refractivity contribution in [3.8, 4) is 0 Å². The Balaban J connectivity index is 0.000000845. The molecular formula is C7H8Br2N2O2. The number of halogens is 2. The fourth-order valence-electron chi connectivity index (χ4n) is 1.51. The molecule has 1 aromatic rings. The fraction of sp³-hybridized carbons (Fsp3) is 0.429. The number of rotatable bonds is 1. The number of imidazole rings is 1. The largest absolute Gasteiger partial charge is 0.476 e. The molecule has 0 aromatic carbocycles. The van der Waals surface area contributed by atoms with Crippen molar-refractivity contribution >= 4 is 38.9 Å². The van der Waals surface area contributed by atoms with E-state index in [9.17, 15) is 4.79 Å². The highest BCUT2D eigenvalue weighted by Crippen LogP contribution is 2.24. The summed E-state index contributed by atoms with van der Waals surface area (Å²) >= 11 is 3.22. The van der Waals surface area contributed by atoms with Crippen LogP contribution in [0.5, 0.6) is 0 Å². The minimum absolute atomic E-state index is 0. The molecule has 0 radical (unpaired) electrons. The lowest BCUT2D eigenvalue weighted by Crippen LogP contribution is -2.00. The summed E-state index contributed by atoms with van der Waals surface area (Å²) in [4.78, 5) is 14.6. The first-order valence-corrected chi connectivity index (χ1v) is 4.47. The molecule has 6 heteroatoms. The lowest BCUT2D eigenvalue weighted by molar-refractivity contribution is 0.0690. The van der Waals surface area contributed by atoms with E-state index in [1.54, 1.807) is 0 Å². The van der Waals surface area contributed by atoms with Crippen LogP contribution in [0.2, 0.25) is 0 Å². The smallest absolute Gasteiger partial charge is 0.356 e. The van der Waals surface area contributed by atoms with Crippen molar-refractivity contribution in [1.82, 2.24) is 9.55 Å². The van der Waals surface area contributed by atoms with E-state index in [1.165, 1.54) is 0 Å². The first kappa shape index (κ1) is 10.7. The van der Waals surface area contributed by atoms with E-state index in [0.717, 1.165) is 25.1 Å². The maximum absolute atomic E-state index is 10.7. The van der Waals surface area contributed by atoms with Crippen LogP contribution in [0.25, 0.3) is 0 Å². The molecule has 13 heavy (non-hydrogen) atoms. The Labute approximate surface area is 93.9 Å². The van der Waals surface area contributed by atoms with Crippen molar-refractivity contribution in [3.63, 3.8) is 0 Å².